The lowest BCUT2D eigenvalue weighted by Crippen LogP contribution is -2.46. The molecule has 4 saturated heterocycles. The molecular weight excluding hydrogens is 695 g/mol. The molecule has 0 radical (unpaired) electrons. The highest BCUT2D eigenvalue weighted by atomic mass is 32.2. The van der Waals surface area contributed by atoms with Gasteiger partial charge in [0.15, 0.2) is 0 Å². The van der Waals surface area contributed by atoms with Gasteiger partial charge in [0.25, 0.3) is 5.91 Å². The summed E-state index contributed by atoms with van der Waals surface area (Å²) < 4.78 is 33.7. The topological polar surface area (TPSA) is 171 Å². The highest BCUT2D eigenvalue weighted by Gasteiger charge is 2.54. The molecule has 2 aromatic carbocycles. The van der Waals surface area contributed by atoms with Gasteiger partial charge in [0.05, 0.1) is 34.7 Å². The van der Waals surface area contributed by atoms with E-state index in [1.54, 1.807) is 24.3 Å². The molecule has 6 rings (SSSR count). The normalized spacial score (nSPS) is 22.9. The number of anilines is 1. The molecular formula is C36H45N5O8S2. The third-order valence-corrected chi connectivity index (χ3v) is 13.7. The van der Waals surface area contributed by atoms with E-state index in [1.807, 2.05) is 17.8 Å². The molecule has 4 aliphatic rings. The molecule has 0 unspecified atom stereocenters. The summed E-state index contributed by atoms with van der Waals surface area (Å²) in [4.78, 5) is 63.8. The zero-order chi connectivity index (χ0) is 36.0. The number of amides is 5. The van der Waals surface area contributed by atoms with E-state index in [0.717, 1.165) is 25.0 Å². The number of rotatable bonds is 16. The molecule has 0 saturated carbocycles. The van der Waals surface area contributed by atoms with Crippen LogP contribution in [0.5, 0.6) is 0 Å². The largest absolute Gasteiger partial charge is 0.380 e. The number of carbonyl (C=O) groups is 5. The van der Waals surface area contributed by atoms with Crippen LogP contribution in [0, 0.1) is 5.41 Å². The minimum atomic E-state index is -3.87. The molecule has 51 heavy (non-hydrogen) atoms. The van der Waals surface area contributed by atoms with Gasteiger partial charge in [-0.05, 0) is 68.5 Å². The van der Waals surface area contributed by atoms with Gasteiger partial charge in [-0.3, -0.25) is 24.1 Å². The molecule has 0 bridgehead atoms. The van der Waals surface area contributed by atoms with Gasteiger partial charge in [-0.2, -0.15) is 16.1 Å². The second-order valence-electron chi connectivity index (χ2n) is 13.6. The number of urea groups is 1. The number of ketones is 1. The predicted octanol–water partition coefficient (Wildman–Crippen LogP) is 3.24. The van der Waals surface area contributed by atoms with Gasteiger partial charge >= 0.3 is 6.03 Å². The molecule has 4 aliphatic heterocycles. The molecule has 4 fully saturated rings. The lowest BCUT2D eigenvalue weighted by molar-refractivity contribution is -0.127. The molecule has 4 heterocycles. The SMILES string of the molecule is O=C(CCCC[C@@H]1SC[C@@H]2NC(=O)N[C@@H]21)CCCOCCNC(=O)c1ccc(S(=O)(=O)N2CCC3(CC2)CC(=O)N(c2ccccc2)C3=O)cc1. The number of thioether (sulfide) groups is 1. The zero-order valence-corrected chi connectivity index (χ0v) is 30.1. The number of imide groups is 1. The first-order chi connectivity index (χ1) is 24.6. The van der Waals surface area contributed by atoms with Crippen molar-refractivity contribution in [2.75, 3.05) is 43.5 Å². The van der Waals surface area contributed by atoms with Crippen molar-refractivity contribution in [1.29, 1.82) is 0 Å². The maximum Gasteiger partial charge on any atom is 0.315 e. The number of sulfonamides is 1. The number of hydrogen-bond acceptors (Lipinski definition) is 9. The number of carbonyl (C=O) groups excluding carboxylic acids is 5. The fourth-order valence-electron chi connectivity index (χ4n) is 7.35. The first kappa shape index (κ1) is 37.0. The number of fused-ring (bicyclic) bond motifs is 1. The van der Waals surface area contributed by atoms with E-state index < -0.39 is 15.4 Å². The Labute approximate surface area is 302 Å². The molecule has 13 nitrogen and oxygen atoms in total. The van der Waals surface area contributed by atoms with Gasteiger partial charge in [0.2, 0.25) is 21.8 Å². The van der Waals surface area contributed by atoms with Crippen molar-refractivity contribution >= 4 is 57.0 Å². The summed E-state index contributed by atoms with van der Waals surface area (Å²) in [5.74, 6) is 0.241. The van der Waals surface area contributed by atoms with Crippen LogP contribution in [0.25, 0.3) is 0 Å². The van der Waals surface area contributed by atoms with Crippen LogP contribution in [0.3, 0.4) is 0 Å². The van der Waals surface area contributed by atoms with Crippen LogP contribution in [0.1, 0.15) is 68.1 Å². The summed E-state index contributed by atoms with van der Waals surface area (Å²) >= 11 is 1.88. The fourth-order valence-corrected chi connectivity index (χ4v) is 10.3. The van der Waals surface area contributed by atoms with E-state index in [4.69, 9.17) is 4.74 Å². The quantitative estimate of drug-likeness (QED) is 0.133. The van der Waals surface area contributed by atoms with E-state index in [-0.39, 0.29) is 92.0 Å². The van der Waals surface area contributed by atoms with Gasteiger partial charge in [-0.25, -0.2) is 13.2 Å². The number of nitrogens with one attached hydrogen (secondary N) is 3. The summed E-state index contributed by atoms with van der Waals surface area (Å²) in [6.07, 6.45) is 4.96. The minimum absolute atomic E-state index is 0.0511. The Morgan fingerprint density at radius 3 is 2.39 bits per heavy atom. The van der Waals surface area contributed by atoms with Gasteiger partial charge in [0, 0.05) is 62.1 Å². The maximum atomic E-state index is 13.4. The van der Waals surface area contributed by atoms with Crippen molar-refractivity contribution in [3.05, 3.63) is 60.2 Å². The van der Waals surface area contributed by atoms with Gasteiger partial charge in [-0.15, -0.1) is 0 Å². The van der Waals surface area contributed by atoms with E-state index in [1.165, 1.54) is 33.5 Å². The molecule has 0 aromatic heterocycles. The van der Waals surface area contributed by atoms with Crippen LogP contribution in [0.15, 0.2) is 59.5 Å². The highest BCUT2D eigenvalue weighted by molar-refractivity contribution is 8.00. The lowest BCUT2D eigenvalue weighted by Gasteiger charge is -2.36. The standard InChI is InChI=1S/C36H45N5O8S2/c42-27(9-4-5-11-30-32-29(24-50-30)38-35(46)39-32)10-6-21-49-22-18-37-33(44)25-12-14-28(15-13-25)51(47,48)40-19-16-36(17-20-40)23-31(43)41(34(36)45)26-7-2-1-3-8-26/h1-3,7-8,12-15,29-30,32H,4-6,9-11,16-24H2,(H,37,44)(H2,38,39,46)/t29-,30-,32-/m0/s1. The molecule has 2 aromatic rings. The van der Waals surface area contributed by atoms with Crippen molar-refractivity contribution in [1.82, 2.24) is 20.3 Å². The van der Waals surface area contributed by atoms with Crippen LogP contribution < -0.4 is 20.9 Å². The van der Waals surface area contributed by atoms with Crippen molar-refractivity contribution < 1.29 is 37.1 Å². The highest BCUT2D eigenvalue weighted by Crippen LogP contribution is 2.44. The van der Waals surface area contributed by atoms with Gasteiger partial charge in [-0.1, -0.05) is 24.6 Å². The molecule has 15 heteroatoms. The summed E-state index contributed by atoms with van der Waals surface area (Å²) in [5.41, 5.74) is -0.0722. The average molecular weight is 740 g/mol. The van der Waals surface area contributed by atoms with Crippen molar-refractivity contribution in [3.8, 4) is 0 Å². The molecule has 5 amide bonds. The number of unbranched alkanes of at least 4 members (excludes halogenated alkanes) is 1. The van der Waals surface area contributed by atoms with Crippen LogP contribution in [0.2, 0.25) is 0 Å². The minimum Gasteiger partial charge on any atom is -0.380 e. The molecule has 0 aliphatic carbocycles. The van der Waals surface area contributed by atoms with Crippen LogP contribution >= 0.6 is 11.8 Å². The number of para-hydroxylation sites is 1. The van der Waals surface area contributed by atoms with E-state index in [0.29, 0.717) is 42.4 Å². The second kappa shape index (κ2) is 16.3. The fraction of sp³-hybridized carbons (Fsp3) is 0.528. The smallest absolute Gasteiger partial charge is 0.315 e. The maximum absolute atomic E-state index is 13.4. The number of nitrogens with zero attached hydrogens (tertiary/aromatic N) is 2. The number of ether oxygens (including phenoxy) is 1. The van der Waals surface area contributed by atoms with Crippen LogP contribution in [-0.2, 0) is 29.1 Å². The lowest BCUT2D eigenvalue weighted by atomic mass is 9.77. The summed E-state index contributed by atoms with van der Waals surface area (Å²) in [7, 11) is -3.87. The van der Waals surface area contributed by atoms with Crippen LogP contribution in [-0.4, -0.2) is 98.2 Å². The summed E-state index contributed by atoms with van der Waals surface area (Å²) in [5, 5.41) is 9.11. The monoisotopic (exact) mass is 739 g/mol. The number of benzene rings is 2. The van der Waals surface area contributed by atoms with Crippen molar-refractivity contribution in [2.24, 2.45) is 5.41 Å². The number of Topliss-reactive ketones (excluding diaryl/α,β-unsaturated/α-hetero) is 1. The molecule has 3 atom stereocenters. The Bertz CT molecular complexity index is 1710. The van der Waals surface area contributed by atoms with Gasteiger partial charge < -0.3 is 20.7 Å². The average Bonchev–Trinajstić information content (AvgIpc) is 3.76. The number of hydrogen-bond donors (Lipinski definition) is 3. The van der Waals surface area contributed by atoms with E-state index >= 15 is 0 Å². The molecule has 274 valence electrons. The Morgan fingerprint density at radius 2 is 1.65 bits per heavy atom. The van der Waals surface area contributed by atoms with Crippen molar-refractivity contribution in [2.45, 2.75) is 80.0 Å². The number of piperidine rings is 1. The third-order valence-electron chi connectivity index (χ3n) is 10.3. The third kappa shape index (κ3) is 8.48. The van der Waals surface area contributed by atoms with E-state index in [9.17, 15) is 32.4 Å². The second-order valence-corrected chi connectivity index (χ2v) is 16.8. The van der Waals surface area contributed by atoms with Crippen molar-refractivity contribution in [3.63, 3.8) is 0 Å². The first-order valence-electron chi connectivity index (χ1n) is 17.7. The van der Waals surface area contributed by atoms with Gasteiger partial charge in [0.1, 0.15) is 5.78 Å². The summed E-state index contributed by atoms with van der Waals surface area (Å²) in [6.45, 7) is 1.19. The first-order valence-corrected chi connectivity index (χ1v) is 20.2. The van der Waals surface area contributed by atoms with E-state index in [2.05, 4.69) is 16.0 Å². The zero-order valence-electron chi connectivity index (χ0n) is 28.5. The summed E-state index contributed by atoms with van der Waals surface area (Å²) in [6, 6.07) is 14.8. The molecule has 1 spiro atoms. The Morgan fingerprint density at radius 1 is 0.922 bits per heavy atom. The van der Waals surface area contributed by atoms with Crippen LogP contribution in [0.4, 0.5) is 10.5 Å². The Balaban J connectivity index is 0.846. The Hall–Kier alpha value is -3.79. The Kier molecular flexibility index (Phi) is 11.8. The predicted molar refractivity (Wildman–Crippen MR) is 192 cm³/mol. The molecule has 3 N–H and O–H groups in total.